The van der Waals surface area contributed by atoms with Crippen LogP contribution in [-0.4, -0.2) is 63.3 Å². The maximum atomic E-state index is 5.61. The molecule has 1 aromatic rings. The highest BCUT2D eigenvalue weighted by atomic mass is 16.5. The van der Waals surface area contributed by atoms with Crippen molar-refractivity contribution in [1.82, 2.24) is 15.2 Å². The third-order valence-electron chi connectivity index (χ3n) is 4.86. The van der Waals surface area contributed by atoms with Crippen LogP contribution in [0.3, 0.4) is 0 Å². The monoisotopic (exact) mass is 317 g/mol. The Morgan fingerprint density at radius 2 is 2.35 bits per heavy atom. The summed E-state index contributed by atoms with van der Waals surface area (Å²) in [5, 5.41) is 3.50. The van der Waals surface area contributed by atoms with E-state index in [1.807, 2.05) is 38.3 Å². The normalized spacial score (nSPS) is 24.5. The first kappa shape index (κ1) is 16.1. The van der Waals surface area contributed by atoms with E-state index in [9.17, 15) is 0 Å². The molecule has 0 radical (unpaired) electrons. The van der Waals surface area contributed by atoms with Crippen molar-refractivity contribution in [3.05, 3.63) is 23.9 Å². The third kappa shape index (κ3) is 3.42. The van der Waals surface area contributed by atoms with Gasteiger partial charge in [0.25, 0.3) is 0 Å². The van der Waals surface area contributed by atoms with E-state index in [0.717, 1.165) is 44.6 Å². The maximum absolute atomic E-state index is 5.61. The van der Waals surface area contributed by atoms with Crippen LogP contribution in [0.5, 0.6) is 0 Å². The van der Waals surface area contributed by atoms with Gasteiger partial charge >= 0.3 is 0 Å². The molecular weight excluding hydrogens is 290 g/mol. The van der Waals surface area contributed by atoms with Gasteiger partial charge in [0.05, 0.1) is 6.61 Å². The molecule has 126 valence electrons. The SMILES string of the molecule is CN=C(NCc1cccnc1N(C)C)N1CCC2(CCOC2)C1. The molecule has 3 rings (SSSR count). The van der Waals surface area contributed by atoms with Crippen molar-refractivity contribution in [1.29, 1.82) is 0 Å². The summed E-state index contributed by atoms with van der Waals surface area (Å²) < 4.78 is 5.61. The molecule has 0 aromatic carbocycles. The van der Waals surface area contributed by atoms with Crippen molar-refractivity contribution >= 4 is 11.8 Å². The van der Waals surface area contributed by atoms with Gasteiger partial charge in [-0.3, -0.25) is 4.99 Å². The van der Waals surface area contributed by atoms with Gasteiger partial charge in [-0.1, -0.05) is 6.07 Å². The predicted molar refractivity (Wildman–Crippen MR) is 92.8 cm³/mol. The number of ether oxygens (including phenoxy) is 1. The summed E-state index contributed by atoms with van der Waals surface area (Å²) in [7, 11) is 5.89. The van der Waals surface area contributed by atoms with Crippen LogP contribution < -0.4 is 10.2 Å². The zero-order valence-electron chi connectivity index (χ0n) is 14.4. The van der Waals surface area contributed by atoms with Crippen molar-refractivity contribution in [3.63, 3.8) is 0 Å². The molecule has 1 aromatic heterocycles. The van der Waals surface area contributed by atoms with Gasteiger partial charge in [-0.25, -0.2) is 4.98 Å². The predicted octanol–water partition coefficient (Wildman–Crippen LogP) is 1.34. The number of nitrogens with zero attached hydrogens (tertiary/aromatic N) is 4. The van der Waals surface area contributed by atoms with Crippen molar-refractivity contribution in [2.75, 3.05) is 52.3 Å². The molecular formula is C17H27N5O. The summed E-state index contributed by atoms with van der Waals surface area (Å²) in [6.07, 6.45) is 4.20. The highest BCUT2D eigenvalue weighted by molar-refractivity contribution is 5.80. The number of pyridine rings is 1. The van der Waals surface area contributed by atoms with Gasteiger partial charge < -0.3 is 19.9 Å². The molecule has 2 saturated heterocycles. The molecule has 1 spiro atoms. The second kappa shape index (κ2) is 6.74. The second-order valence-electron chi connectivity index (χ2n) is 6.76. The fourth-order valence-electron chi connectivity index (χ4n) is 3.56. The van der Waals surface area contributed by atoms with E-state index in [4.69, 9.17) is 4.74 Å². The lowest BCUT2D eigenvalue weighted by Gasteiger charge is -2.25. The number of anilines is 1. The summed E-state index contributed by atoms with van der Waals surface area (Å²) in [6, 6.07) is 4.09. The molecule has 1 unspecified atom stereocenters. The van der Waals surface area contributed by atoms with Crippen LogP contribution in [0.2, 0.25) is 0 Å². The van der Waals surface area contributed by atoms with Crippen LogP contribution >= 0.6 is 0 Å². The van der Waals surface area contributed by atoms with Crippen LogP contribution in [0.15, 0.2) is 23.3 Å². The topological polar surface area (TPSA) is 53.0 Å². The van der Waals surface area contributed by atoms with Crippen LogP contribution in [0, 0.1) is 5.41 Å². The number of aliphatic imine (C=N–C) groups is 1. The van der Waals surface area contributed by atoms with E-state index in [-0.39, 0.29) is 0 Å². The Balaban J connectivity index is 1.63. The zero-order chi connectivity index (χ0) is 16.3. The quantitative estimate of drug-likeness (QED) is 0.673. The Morgan fingerprint density at radius 1 is 1.48 bits per heavy atom. The second-order valence-corrected chi connectivity index (χ2v) is 6.76. The molecule has 0 bridgehead atoms. The molecule has 1 N–H and O–H groups in total. The number of guanidine groups is 1. The summed E-state index contributed by atoms with van der Waals surface area (Å²) in [5.74, 6) is 1.97. The number of hydrogen-bond acceptors (Lipinski definition) is 4. The van der Waals surface area contributed by atoms with Crippen molar-refractivity contribution in [2.45, 2.75) is 19.4 Å². The lowest BCUT2D eigenvalue weighted by molar-refractivity contribution is 0.156. The highest BCUT2D eigenvalue weighted by Crippen LogP contribution is 2.38. The van der Waals surface area contributed by atoms with Crippen molar-refractivity contribution in [3.8, 4) is 0 Å². The number of aromatic nitrogens is 1. The number of nitrogens with one attached hydrogen (secondary N) is 1. The van der Waals surface area contributed by atoms with Gasteiger partial charge in [-0.05, 0) is 18.9 Å². The van der Waals surface area contributed by atoms with E-state index in [1.165, 1.54) is 18.4 Å². The maximum Gasteiger partial charge on any atom is 0.193 e. The average Bonchev–Trinajstić information content (AvgIpc) is 3.19. The van der Waals surface area contributed by atoms with Crippen LogP contribution in [-0.2, 0) is 11.3 Å². The fourth-order valence-corrected chi connectivity index (χ4v) is 3.56. The Morgan fingerprint density at radius 3 is 3.04 bits per heavy atom. The third-order valence-corrected chi connectivity index (χ3v) is 4.86. The van der Waals surface area contributed by atoms with E-state index < -0.39 is 0 Å². The van der Waals surface area contributed by atoms with Gasteiger partial charge in [0.15, 0.2) is 5.96 Å². The van der Waals surface area contributed by atoms with Gasteiger partial charge in [-0.2, -0.15) is 0 Å². The average molecular weight is 317 g/mol. The van der Waals surface area contributed by atoms with Gasteiger partial charge in [0.2, 0.25) is 0 Å². The molecule has 2 fully saturated rings. The lowest BCUT2D eigenvalue weighted by atomic mass is 9.87. The number of likely N-dealkylation sites (tertiary alicyclic amines) is 1. The summed E-state index contributed by atoms with van der Waals surface area (Å²) in [5.41, 5.74) is 1.53. The fraction of sp³-hybridized carbons (Fsp3) is 0.647. The van der Waals surface area contributed by atoms with Crippen LogP contribution in [0.25, 0.3) is 0 Å². The van der Waals surface area contributed by atoms with Gasteiger partial charge in [-0.15, -0.1) is 0 Å². The number of hydrogen-bond donors (Lipinski definition) is 1. The Bertz CT molecular complexity index is 566. The molecule has 0 aliphatic carbocycles. The zero-order valence-corrected chi connectivity index (χ0v) is 14.4. The van der Waals surface area contributed by atoms with Crippen molar-refractivity contribution < 1.29 is 4.74 Å². The minimum Gasteiger partial charge on any atom is -0.381 e. The molecule has 6 nitrogen and oxygen atoms in total. The molecule has 3 heterocycles. The van der Waals surface area contributed by atoms with E-state index in [1.54, 1.807) is 0 Å². The van der Waals surface area contributed by atoms with Gasteiger partial charge in [0.1, 0.15) is 5.82 Å². The highest BCUT2D eigenvalue weighted by Gasteiger charge is 2.42. The molecule has 2 aliphatic heterocycles. The summed E-state index contributed by atoms with van der Waals surface area (Å²) in [4.78, 5) is 13.3. The van der Waals surface area contributed by atoms with E-state index >= 15 is 0 Å². The minimum atomic E-state index is 0.348. The van der Waals surface area contributed by atoms with Gasteiger partial charge in [0, 0.05) is 64.6 Å². The molecule has 1 atom stereocenters. The van der Waals surface area contributed by atoms with E-state index in [2.05, 4.69) is 26.3 Å². The van der Waals surface area contributed by atoms with Crippen molar-refractivity contribution in [2.24, 2.45) is 10.4 Å². The first-order chi connectivity index (χ1) is 11.1. The Kier molecular flexibility index (Phi) is 4.71. The first-order valence-corrected chi connectivity index (χ1v) is 8.28. The lowest BCUT2D eigenvalue weighted by Crippen LogP contribution is -2.41. The largest absolute Gasteiger partial charge is 0.381 e. The molecule has 23 heavy (non-hydrogen) atoms. The Hall–Kier alpha value is -1.82. The summed E-state index contributed by atoms with van der Waals surface area (Å²) >= 11 is 0. The molecule has 2 aliphatic rings. The first-order valence-electron chi connectivity index (χ1n) is 8.28. The molecule has 0 saturated carbocycles. The smallest absolute Gasteiger partial charge is 0.193 e. The summed E-state index contributed by atoms with van der Waals surface area (Å²) in [6.45, 7) is 4.63. The van der Waals surface area contributed by atoms with Crippen LogP contribution in [0.4, 0.5) is 5.82 Å². The standard InChI is InChI=1S/C17H27N5O/c1-18-16(22-9-6-17(12-22)7-10-23-13-17)20-11-14-5-4-8-19-15(14)21(2)3/h4-5,8H,6-7,9-13H2,1-3H3,(H,18,20). The number of rotatable bonds is 3. The van der Waals surface area contributed by atoms with Crippen LogP contribution in [0.1, 0.15) is 18.4 Å². The Labute approximate surface area is 138 Å². The van der Waals surface area contributed by atoms with E-state index in [0.29, 0.717) is 5.41 Å². The molecule has 0 amide bonds. The molecule has 6 heteroatoms. The minimum absolute atomic E-state index is 0.348.